The van der Waals surface area contributed by atoms with Gasteiger partial charge in [0.15, 0.2) is 6.61 Å². The highest BCUT2D eigenvalue weighted by Crippen LogP contribution is 2.33. The first-order valence-corrected chi connectivity index (χ1v) is 6.71. The van der Waals surface area contributed by atoms with Crippen molar-refractivity contribution in [2.45, 2.75) is 6.42 Å². The average Bonchev–Trinajstić information content (AvgIpc) is 2.37. The van der Waals surface area contributed by atoms with Crippen LogP contribution >= 0.6 is 34.8 Å². The van der Waals surface area contributed by atoms with Gasteiger partial charge in [-0.25, -0.2) is 0 Å². The molecule has 0 aliphatic carbocycles. The number of methoxy groups -OCH3 is 1. The zero-order valence-corrected chi connectivity index (χ0v) is 12.6. The van der Waals surface area contributed by atoms with E-state index >= 15 is 0 Å². The summed E-state index contributed by atoms with van der Waals surface area (Å²) >= 11 is 17.5. The Morgan fingerprint density at radius 3 is 2.58 bits per heavy atom. The zero-order chi connectivity index (χ0) is 14.3. The van der Waals surface area contributed by atoms with E-state index in [4.69, 9.17) is 44.3 Å². The quantitative estimate of drug-likeness (QED) is 0.618. The van der Waals surface area contributed by atoms with E-state index in [1.807, 2.05) is 0 Å². The summed E-state index contributed by atoms with van der Waals surface area (Å²) in [5.41, 5.74) is 0. The normalized spacial score (nSPS) is 10.3. The molecule has 0 spiro atoms. The fourth-order valence-electron chi connectivity index (χ4n) is 1.25. The lowest BCUT2D eigenvalue weighted by Crippen LogP contribution is -2.30. The summed E-state index contributed by atoms with van der Waals surface area (Å²) < 4.78 is 10.1. The van der Waals surface area contributed by atoms with Gasteiger partial charge in [0.2, 0.25) is 0 Å². The van der Waals surface area contributed by atoms with Crippen molar-refractivity contribution in [3.05, 3.63) is 27.2 Å². The molecule has 1 N–H and O–H groups in total. The molecule has 19 heavy (non-hydrogen) atoms. The zero-order valence-electron chi connectivity index (χ0n) is 10.3. The summed E-state index contributed by atoms with van der Waals surface area (Å²) in [7, 11) is 1.61. The minimum atomic E-state index is -0.238. The second kappa shape index (κ2) is 8.48. The summed E-state index contributed by atoms with van der Waals surface area (Å²) in [6, 6.07) is 2.95. The number of rotatable bonds is 7. The molecule has 106 valence electrons. The number of carbonyl (C=O) groups is 1. The molecule has 7 heteroatoms. The lowest BCUT2D eigenvalue weighted by molar-refractivity contribution is -0.123. The fraction of sp³-hybridized carbons (Fsp3) is 0.417. The monoisotopic (exact) mass is 325 g/mol. The van der Waals surface area contributed by atoms with Gasteiger partial charge in [0.05, 0.1) is 15.1 Å². The predicted molar refractivity (Wildman–Crippen MR) is 76.5 cm³/mol. The first-order chi connectivity index (χ1) is 9.04. The predicted octanol–water partition coefficient (Wildman–Crippen LogP) is 3.18. The van der Waals surface area contributed by atoms with Gasteiger partial charge in [0.25, 0.3) is 5.91 Å². The number of nitrogens with one attached hydrogen (secondary N) is 1. The topological polar surface area (TPSA) is 47.6 Å². The molecule has 0 saturated heterocycles. The third kappa shape index (κ3) is 5.87. The Bertz CT molecular complexity index is 440. The molecular formula is C12H14Cl3NO3. The number of hydrogen-bond donors (Lipinski definition) is 1. The van der Waals surface area contributed by atoms with E-state index in [0.717, 1.165) is 6.42 Å². The maximum absolute atomic E-state index is 11.5. The second-order valence-corrected chi connectivity index (χ2v) is 4.90. The maximum Gasteiger partial charge on any atom is 0.257 e. The fourth-order valence-corrected chi connectivity index (χ4v) is 1.84. The molecule has 0 fully saturated rings. The summed E-state index contributed by atoms with van der Waals surface area (Å²) in [4.78, 5) is 11.5. The van der Waals surface area contributed by atoms with Crippen LogP contribution in [0.25, 0.3) is 0 Å². The first kappa shape index (κ1) is 16.4. The van der Waals surface area contributed by atoms with E-state index < -0.39 is 0 Å². The molecule has 0 aromatic heterocycles. The van der Waals surface area contributed by atoms with Gasteiger partial charge in [-0.05, 0) is 12.5 Å². The van der Waals surface area contributed by atoms with Crippen molar-refractivity contribution in [3.8, 4) is 5.75 Å². The molecule has 0 aliphatic rings. The molecule has 0 bridgehead atoms. The molecule has 0 radical (unpaired) electrons. The van der Waals surface area contributed by atoms with Gasteiger partial charge in [-0.15, -0.1) is 0 Å². The van der Waals surface area contributed by atoms with E-state index in [1.54, 1.807) is 7.11 Å². The average molecular weight is 327 g/mol. The van der Waals surface area contributed by atoms with E-state index in [9.17, 15) is 4.79 Å². The molecule has 1 rings (SSSR count). The number of benzene rings is 1. The van der Waals surface area contributed by atoms with E-state index in [1.165, 1.54) is 12.1 Å². The lowest BCUT2D eigenvalue weighted by Gasteiger charge is -2.09. The maximum atomic E-state index is 11.5. The largest absolute Gasteiger partial charge is 0.482 e. The van der Waals surface area contributed by atoms with Crippen molar-refractivity contribution in [2.24, 2.45) is 0 Å². The van der Waals surface area contributed by atoms with E-state index in [2.05, 4.69) is 5.32 Å². The minimum Gasteiger partial charge on any atom is -0.482 e. The van der Waals surface area contributed by atoms with Crippen LogP contribution in [0.2, 0.25) is 15.1 Å². The van der Waals surface area contributed by atoms with Gasteiger partial charge in [-0.3, -0.25) is 4.79 Å². The first-order valence-electron chi connectivity index (χ1n) is 5.57. The standard InChI is InChI=1S/C12H14Cl3NO3/c1-18-4-2-3-16-12(17)7-19-11-6-9(14)8(13)5-10(11)15/h5-6H,2-4,7H2,1H3,(H,16,17). The van der Waals surface area contributed by atoms with Crippen LogP contribution < -0.4 is 10.1 Å². The summed E-state index contributed by atoms with van der Waals surface area (Å²) in [5, 5.41) is 3.65. The third-order valence-electron chi connectivity index (χ3n) is 2.18. The Balaban J connectivity index is 2.40. The number of ether oxygens (including phenoxy) is 2. The number of halogens is 3. The molecule has 0 unspecified atom stereocenters. The van der Waals surface area contributed by atoms with E-state index in [0.29, 0.717) is 34.0 Å². The summed E-state index contributed by atoms with van der Waals surface area (Å²) in [5.74, 6) is 0.0846. The molecule has 0 aliphatic heterocycles. The van der Waals surface area contributed by atoms with Crippen molar-refractivity contribution < 1.29 is 14.3 Å². The van der Waals surface area contributed by atoms with Crippen molar-refractivity contribution >= 4 is 40.7 Å². The van der Waals surface area contributed by atoms with Crippen molar-refractivity contribution in [1.82, 2.24) is 5.32 Å². The molecule has 0 saturated carbocycles. The van der Waals surface area contributed by atoms with Crippen molar-refractivity contribution in [2.75, 3.05) is 26.9 Å². The molecular weight excluding hydrogens is 312 g/mol. The van der Waals surface area contributed by atoms with Crippen LogP contribution in [-0.4, -0.2) is 32.8 Å². The van der Waals surface area contributed by atoms with Crippen LogP contribution in [0.5, 0.6) is 5.75 Å². The lowest BCUT2D eigenvalue weighted by atomic mass is 10.3. The highest BCUT2D eigenvalue weighted by molar-refractivity contribution is 6.43. The van der Waals surface area contributed by atoms with Crippen LogP contribution in [0.1, 0.15) is 6.42 Å². The molecule has 1 aromatic carbocycles. The van der Waals surface area contributed by atoms with Crippen molar-refractivity contribution in [1.29, 1.82) is 0 Å². The Labute approximate surface area is 126 Å². The Morgan fingerprint density at radius 2 is 1.89 bits per heavy atom. The molecule has 0 heterocycles. The number of amides is 1. The molecule has 1 aromatic rings. The highest BCUT2D eigenvalue weighted by Gasteiger charge is 2.09. The second-order valence-electron chi connectivity index (χ2n) is 3.68. The number of carbonyl (C=O) groups excluding carboxylic acids is 1. The van der Waals surface area contributed by atoms with Crippen molar-refractivity contribution in [3.63, 3.8) is 0 Å². The van der Waals surface area contributed by atoms with Crippen LogP contribution in [0, 0.1) is 0 Å². The van der Waals surface area contributed by atoms with Gasteiger partial charge < -0.3 is 14.8 Å². The smallest absolute Gasteiger partial charge is 0.257 e. The Morgan fingerprint density at radius 1 is 1.21 bits per heavy atom. The summed E-state index contributed by atoms with van der Waals surface area (Å²) in [6.45, 7) is 0.996. The van der Waals surface area contributed by atoms with Crippen LogP contribution in [0.4, 0.5) is 0 Å². The third-order valence-corrected chi connectivity index (χ3v) is 3.20. The minimum absolute atomic E-state index is 0.134. The van der Waals surface area contributed by atoms with Crippen LogP contribution in [0.3, 0.4) is 0 Å². The highest BCUT2D eigenvalue weighted by atomic mass is 35.5. The van der Waals surface area contributed by atoms with Gasteiger partial charge >= 0.3 is 0 Å². The molecule has 0 atom stereocenters. The SMILES string of the molecule is COCCCNC(=O)COc1cc(Cl)c(Cl)cc1Cl. The van der Waals surface area contributed by atoms with Gasteiger partial charge in [0, 0.05) is 26.3 Å². The Kier molecular flexibility index (Phi) is 7.31. The molecule has 1 amide bonds. The van der Waals surface area contributed by atoms with Crippen LogP contribution in [0.15, 0.2) is 12.1 Å². The molecule has 4 nitrogen and oxygen atoms in total. The van der Waals surface area contributed by atoms with Gasteiger partial charge in [-0.2, -0.15) is 0 Å². The number of hydrogen-bond acceptors (Lipinski definition) is 3. The Hall–Kier alpha value is -0.680. The summed E-state index contributed by atoms with van der Waals surface area (Å²) in [6.07, 6.45) is 0.746. The van der Waals surface area contributed by atoms with Gasteiger partial charge in [-0.1, -0.05) is 34.8 Å². The van der Waals surface area contributed by atoms with Crippen LogP contribution in [-0.2, 0) is 9.53 Å². The van der Waals surface area contributed by atoms with Gasteiger partial charge in [0.1, 0.15) is 5.75 Å². The van der Waals surface area contributed by atoms with E-state index in [-0.39, 0.29) is 12.5 Å².